The van der Waals surface area contributed by atoms with Crippen molar-refractivity contribution < 1.29 is 4.74 Å². The lowest BCUT2D eigenvalue weighted by Crippen LogP contribution is -2.32. The quantitative estimate of drug-likeness (QED) is 0.852. The molecule has 0 bridgehead atoms. The Morgan fingerprint density at radius 1 is 1.53 bits per heavy atom. The molecule has 1 aliphatic rings. The molecule has 15 heavy (non-hydrogen) atoms. The molecular formula is C12H19NOS. The highest BCUT2D eigenvalue weighted by atomic mass is 32.1. The zero-order valence-corrected chi connectivity index (χ0v) is 10.1. The van der Waals surface area contributed by atoms with Crippen LogP contribution in [0.3, 0.4) is 0 Å². The van der Waals surface area contributed by atoms with Crippen molar-refractivity contribution in [1.29, 1.82) is 0 Å². The van der Waals surface area contributed by atoms with Gasteiger partial charge < -0.3 is 10.5 Å². The van der Waals surface area contributed by atoms with E-state index in [0.29, 0.717) is 5.92 Å². The third-order valence-electron chi connectivity index (χ3n) is 3.07. The van der Waals surface area contributed by atoms with E-state index in [2.05, 4.69) is 19.1 Å². The summed E-state index contributed by atoms with van der Waals surface area (Å²) in [4.78, 5) is 2.88. The smallest absolute Gasteiger partial charge is 0.0510 e. The van der Waals surface area contributed by atoms with Crippen LogP contribution in [0.2, 0.25) is 0 Å². The number of ether oxygens (including phenoxy) is 1. The second-order valence-electron chi connectivity index (χ2n) is 4.21. The Bertz CT molecular complexity index is 304. The fourth-order valence-electron chi connectivity index (χ4n) is 2.01. The van der Waals surface area contributed by atoms with Crippen LogP contribution in [-0.2, 0) is 17.6 Å². The minimum Gasteiger partial charge on any atom is -0.381 e. The predicted octanol–water partition coefficient (Wildman–Crippen LogP) is 2.22. The molecule has 0 aliphatic carbocycles. The number of hydrogen-bond acceptors (Lipinski definition) is 3. The van der Waals surface area contributed by atoms with Gasteiger partial charge in [-0.3, -0.25) is 0 Å². The first-order chi connectivity index (χ1) is 7.29. The van der Waals surface area contributed by atoms with Crippen molar-refractivity contribution in [2.75, 3.05) is 13.2 Å². The molecule has 2 heterocycles. The first kappa shape index (κ1) is 11.1. The monoisotopic (exact) mass is 225 g/mol. The number of aryl methyl sites for hydroxylation is 1. The number of rotatable bonds is 4. The first-order valence-electron chi connectivity index (χ1n) is 5.70. The zero-order valence-electron chi connectivity index (χ0n) is 9.24. The van der Waals surface area contributed by atoms with E-state index < -0.39 is 0 Å². The van der Waals surface area contributed by atoms with Crippen molar-refractivity contribution in [3.05, 3.63) is 21.9 Å². The van der Waals surface area contributed by atoms with Gasteiger partial charge in [0.05, 0.1) is 6.61 Å². The summed E-state index contributed by atoms with van der Waals surface area (Å²) in [6.07, 6.45) is 3.28. The summed E-state index contributed by atoms with van der Waals surface area (Å²) in [5, 5.41) is 0. The van der Waals surface area contributed by atoms with Crippen molar-refractivity contribution in [2.24, 2.45) is 11.7 Å². The molecule has 0 spiro atoms. The molecule has 3 heteroatoms. The molecule has 0 saturated carbocycles. The van der Waals surface area contributed by atoms with E-state index in [1.54, 1.807) is 0 Å². The SMILES string of the molecule is CCc1ccc(CC(N)C2CCOC2)s1. The van der Waals surface area contributed by atoms with Crippen molar-refractivity contribution in [2.45, 2.75) is 32.2 Å². The standard InChI is InChI=1S/C12H19NOS/c1-2-10-3-4-11(15-10)7-12(13)9-5-6-14-8-9/h3-4,9,12H,2,5-8,13H2,1H3. The topological polar surface area (TPSA) is 35.2 Å². The second-order valence-corrected chi connectivity index (χ2v) is 5.47. The van der Waals surface area contributed by atoms with Crippen LogP contribution in [0, 0.1) is 5.92 Å². The molecule has 0 radical (unpaired) electrons. The molecule has 1 aromatic heterocycles. The third kappa shape index (κ3) is 2.80. The Morgan fingerprint density at radius 2 is 2.33 bits per heavy atom. The van der Waals surface area contributed by atoms with Crippen molar-refractivity contribution >= 4 is 11.3 Å². The molecular weight excluding hydrogens is 206 g/mol. The molecule has 1 fully saturated rings. The molecule has 1 saturated heterocycles. The van der Waals surface area contributed by atoms with Gasteiger partial charge in [0.15, 0.2) is 0 Å². The van der Waals surface area contributed by atoms with Crippen LogP contribution in [-0.4, -0.2) is 19.3 Å². The minimum atomic E-state index is 0.274. The van der Waals surface area contributed by atoms with Crippen molar-refractivity contribution in [3.8, 4) is 0 Å². The van der Waals surface area contributed by atoms with E-state index in [9.17, 15) is 0 Å². The van der Waals surface area contributed by atoms with Crippen molar-refractivity contribution in [1.82, 2.24) is 0 Å². The van der Waals surface area contributed by atoms with Crippen LogP contribution in [0.15, 0.2) is 12.1 Å². The van der Waals surface area contributed by atoms with E-state index in [1.165, 1.54) is 9.75 Å². The molecule has 1 aliphatic heterocycles. The molecule has 0 amide bonds. The van der Waals surface area contributed by atoms with Gasteiger partial charge >= 0.3 is 0 Å². The first-order valence-corrected chi connectivity index (χ1v) is 6.52. The van der Waals surface area contributed by atoms with Crippen LogP contribution >= 0.6 is 11.3 Å². The van der Waals surface area contributed by atoms with E-state index >= 15 is 0 Å². The van der Waals surface area contributed by atoms with Crippen molar-refractivity contribution in [3.63, 3.8) is 0 Å². The van der Waals surface area contributed by atoms with Gasteiger partial charge in [-0.2, -0.15) is 0 Å². The highest BCUT2D eigenvalue weighted by Gasteiger charge is 2.23. The largest absolute Gasteiger partial charge is 0.381 e. The van der Waals surface area contributed by atoms with Gasteiger partial charge in [-0.25, -0.2) is 0 Å². The summed E-state index contributed by atoms with van der Waals surface area (Å²) >= 11 is 1.90. The Balaban J connectivity index is 1.89. The lowest BCUT2D eigenvalue weighted by Gasteiger charge is -2.16. The van der Waals surface area contributed by atoms with Gasteiger partial charge in [0, 0.05) is 22.4 Å². The fourth-order valence-corrected chi connectivity index (χ4v) is 3.04. The summed E-state index contributed by atoms with van der Waals surface area (Å²) in [6, 6.07) is 4.72. The van der Waals surface area contributed by atoms with E-state index in [1.807, 2.05) is 11.3 Å². The average Bonchev–Trinajstić information content (AvgIpc) is 2.87. The third-order valence-corrected chi connectivity index (χ3v) is 4.32. The van der Waals surface area contributed by atoms with Crippen LogP contribution < -0.4 is 5.73 Å². The minimum absolute atomic E-state index is 0.274. The predicted molar refractivity (Wildman–Crippen MR) is 64.3 cm³/mol. The highest BCUT2D eigenvalue weighted by Crippen LogP contribution is 2.22. The molecule has 2 unspecified atom stereocenters. The summed E-state index contributed by atoms with van der Waals surface area (Å²) in [5.41, 5.74) is 6.19. The normalized spacial score (nSPS) is 23.2. The summed E-state index contributed by atoms with van der Waals surface area (Å²) in [5.74, 6) is 0.567. The molecule has 2 atom stereocenters. The maximum Gasteiger partial charge on any atom is 0.0510 e. The Hall–Kier alpha value is -0.380. The second kappa shape index (κ2) is 5.10. The molecule has 84 valence electrons. The van der Waals surface area contributed by atoms with Gasteiger partial charge in [0.2, 0.25) is 0 Å². The van der Waals surface area contributed by atoms with Gasteiger partial charge in [-0.1, -0.05) is 6.92 Å². The average molecular weight is 225 g/mol. The van der Waals surface area contributed by atoms with Gasteiger partial charge in [-0.15, -0.1) is 11.3 Å². The number of nitrogens with two attached hydrogens (primary N) is 1. The molecule has 0 aromatic carbocycles. The van der Waals surface area contributed by atoms with E-state index in [4.69, 9.17) is 10.5 Å². The maximum absolute atomic E-state index is 6.19. The van der Waals surface area contributed by atoms with Gasteiger partial charge in [0.25, 0.3) is 0 Å². The van der Waals surface area contributed by atoms with Crippen LogP contribution in [0.4, 0.5) is 0 Å². The van der Waals surface area contributed by atoms with Crippen LogP contribution in [0.5, 0.6) is 0 Å². The zero-order chi connectivity index (χ0) is 10.7. The fraction of sp³-hybridized carbons (Fsp3) is 0.667. The molecule has 2 N–H and O–H groups in total. The summed E-state index contributed by atoms with van der Waals surface area (Å²) < 4.78 is 5.37. The van der Waals surface area contributed by atoms with Gasteiger partial charge in [0.1, 0.15) is 0 Å². The Morgan fingerprint density at radius 3 is 2.93 bits per heavy atom. The highest BCUT2D eigenvalue weighted by molar-refractivity contribution is 7.11. The van der Waals surface area contributed by atoms with E-state index in [0.717, 1.165) is 32.5 Å². The Labute approximate surface area is 95.4 Å². The lowest BCUT2D eigenvalue weighted by atomic mass is 9.97. The maximum atomic E-state index is 6.19. The van der Waals surface area contributed by atoms with Crippen LogP contribution in [0.25, 0.3) is 0 Å². The van der Waals surface area contributed by atoms with E-state index in [-0.39, 0.29) is 6.04 Å². The Kier molecular flexibility index (Phi) is 3.78. The summed E-state index contributed by atoms with van der Waals surface area (Å²) in [6.45, 7) is 3.94. The molecule has 2 nitrogen and oxygen atoms in total. The molecule has 2 rings (SSSR count). The van der Waals surface area contributed by atoms with Crippen LogP contribution in [0.1, 0.15) is 23.1 Å². The van der Waals surface area contributed by atoms with Gasteiger partial charge in [-0.05, 0) is 37.3 Å². The lowest BCUT2D eigenvalue weighted by molar-refractivity contribution is 0.180. The molecule has 1 aromatic rings. The number of hydrogen-bond donors (Lipinski definition) is 1. The number of thiophene rings is 1. The summed E-state index contributed by atoms with van der Waals surface area (Å²) in [7, 11) is 0.